The lowest BCUT2D eigenvalue weighted by molar-refractivity contribution is -0.141. The minimum absolute atomic E-state index is 0.0596. The molecule has 0 saturated heterocycles. The maximum atomic E-state index is 12.6. The van der Waals surface area contributed by atoms with Crippen LogP contribution in [0.3, 0.4) is 0 Å². The zero-order chi connectivity index (χ0) is 15.3. The van der Waals surface area contributed by atoms with Gasteiger partial charge >= 0.3 is 6.18 Å². The molecule has 2 N–H and O–H groups in total. The number of nitrogens with two attached hydrogens (primary N) is 1. The van der Waals surface area contributed by atoms with Crippen LogP contribution in [0.5, 0.6) is 5.88 Å². The van der Waals surface area contributed by atoms with Crippen LogP contribution < -0.4 is 10.5 Å². The fourth-order valence-corrected chi connectivity index (χ4v) is 1.71. The molecule has 0 bridgehead atoms. The van der Waals surface area contributed by atoms with E-state index in [1.807, 2.05) is 12.1 Å². The second-order valence-electron chi connectivity index (χ2n) is 4.28. The van der Waals surface area contributed by atoms with E-state index in [0.717, 1.165) is 11.8 Å². The molecule has 0 aliphatic carbocycles. The maximum absolute atomic E-state index is 12.6. The van der Waals surface area contributed by atoms with E-state index >= 15 is 0 Å². The van der Waals surface area contributed by atoms with Crippen molar-refractivity contribution in [2.45, 2.75) is 19.1 Å². The van der Waals surface area contributed by atoms with Crippen LogP contribution in [0.25, 0.3) is 0 Å². The molecule has 2 rings (SSSR count). The Labute approximate surface area is 119 Å². The molecule has 0 fully saturated rings. The predicted molar refractivity (Wildman–Crippen MR) is 70.6 cm³/mol. The molecule has 0 spiro atoms. The molecule has 0 unspecified atom stereocenters. The number of halogens is 3. The lowest BCUT2D eigenvalue weighted by Gasteiger charge is -2.12. The summed E-state index contributed by atoms with van der Waals surface area (Å²) in [5.41, 5.74) is 5.71. The third-order valence-corrected chi connectivity index (χ3v) is 2.77. The van der Waals surface area contributed by atoms with Crippen LogP contribution in [-0.4, -0.2) is 16.6 Å². The highest BCUT2D eigenvalue weighted by atomic mass is 19.4. The van der Waals surface area contributed by atoms with Crippen molar-refractivity contribution < 1.29 is 17.9 Å². The molecule has 0 amide bonds. The van der Waals surface area contributed by atoms with Gasteiger partial charge in [0.05, 0.1) is 6.61 Å². The Morgan fingerprint density at radius 1 is 1.14 bits per heavy atom. The summed E-state index contributed by atoms with van der Waals surface area (Å²) in [5, 5.41) is 0. The van der Waals surface area contributed by atoms with Crippen LogP contribution in [-0.2, 0) is 19.1 Å². The largest absolute Gasteiger partial charge is 0.477 e. The number of rotatable bonds is 5. The van der Waals surface area contributed by atoms with E-state index in [0.29, 0.717) is 12.0 Å². The molecule has 2 heterocycles. The van der Waals surface area contributed by atoms with Crippen molar-refractivity contribution in [3.63, 3.8) is 0 Å². The summed E-state index contributed by atoms with van der Waals surface area (Å²) in [6.07, 6.45) is -2.39. The highest BCUT2D eigenvalue weighted by molar-refractivity contribution is 5.29. The molecule has 2 aromatic rings. The Kier molecular flexibility index (Phi) is 4.74. The van der Waals surface area contributed by atoms with Crippen molar-refractivity contribution in [1.29, 1.82) is 0 Å². The Hall–Kier alpha value is -2.15. The lowest BCUT2D eigenvalue weighted by Crippen LogP contribution is -2.13. The average molecular weight is 297 g/mol. The first-order chi connectivity index (χ1) is 10.0. The van der Waals surface area contributed by atoms with E-state index in [4.69, 9.17) is 10.5 Å². The lowest BCUT2D eigenvalue weighted by atomic mass is 10.2. The van der Waals surface area contributed by atoms with Gasteiger partial charge in [-0.15, -0.1) is 0 Å². The number of alkyl halides is 3. The van der Waals surface area contributed by atoms with Gasteiger partial charge in [0.2, 0.25) is 5.88 Å². The minimum atomic E-state index is -4.51. The van der Waals surface area contributed by atoms with Gasteiger partial charge in [0, 0.05) is 30.4 Å². The van der Waals surface area contributed by atoms with Crippen molar-refractivity contribution in [3.8, 4) is 5.88 Å². The summed E-state index contributed by atoms with van der Waals surface area (Å²) in [5.74, 6) is -0.0803. The number of nitrogens with zero attached hydrogens (tertiary/aromatic N) is 2. The minimum Gasteiger partial charge on any atom is -0.477 e. The Morgan fingerprint density at radius 2 is 1.95 bits per heavy atom. The maximum Gasteiger partial charge on any atom is 0.433 e. The molecule has 0 saturated carbocycles. The molecule has 4 nitrogen and oxygen atoms in total. The van der Waals surface area contributed by atoms with Crippen LogP contribution in [0.4, 0.5) is 13.2 Å². The Balaban J connectivity index is 2.07. The van der Waals surface area contributed by atoms with Gasteiger partial charge in [-0.05, 0) is 18.2 Å². The number of pyridine rings is 2. The van der Waals surface area contributed by atoms with Crippen molar-refractivity contribution in [2.24, 2.45) is 5.73 Å². The van der Waals surface area contributed by atoms with Crippen LogP contribution in [0, 0.1) is 0 Å². The van der Waals surface area contributed by atoms with Crippen molar-refractivity contribution >= 4 is 0 Å². The van der Waals surface area contributed by atoms with E-state index in [1.165, 1.54) is 6.07 Å². The van der Waals surface area contributed by atoms with Gasteiger partial charge in [-0.2, -0.15) is 13.2 Å². The summed E-state index contributed by atoms with van der Waals surface area (Å²) >= 11 is 0. The molecule has 7 heteroatoms. The van der Waals surface area contributed by atoms with Crippen LogP contribution >= 0.6 is 0 Å². The van der Waals surface area contributed by atoms with Crippen molar-refractivity contribution in [2.75, 3.05) is 6.61 Å². The Bertz CT molecular complexity index is 588. The molecule has 112 valence electrons. The Morgan fingerprint density at radius 3 is 2.57 bits per heavy atom. The zero-order valence-electron chi connectivity index (χ0n) is 11.1. The van der Waals surface area contributed by atoms with Gasteiger partial charge in [-0.1, -0.05) is 12.1 Å². The fourth-order valence-electron chi connectivity index (χ4n) is 1.71. The first-order valence-corrected chi connectivity index (χ1v) is 6.30. The summed E-state index contributed by atoms with van der Waals surface area (Å²) < 4.78 is 43.2. The highest BCUT2D eigenvalue weighted by Crippen LogP contribution is 2.30. The fraction of sp³-hybridized carbons (Fsp3) is 0.286. The SMILES string of the molecule is NCc1ccc(C(F)(F)F)nc1OCCc1ccccn1. The average Bonchev–Trinajstić information content (AvgIpc) is 2.47. The second-order valence-corrected chi connectivity index (χ2v) is 4.28. The predicted octanol–water partition coefficient (Wildman–Crippen LogP) is 2.58. The van der Waals surface area contributed by atoms with Gasteiger partial charge < -0.3 is 10.5 Å². The van der Waals surface area contributed by atoms with E-state index in [9.17, 15) is 13.2 Å². The standard InChI is InChI=1S/C14H14F3N3O/c15-14(16,17)12-5-4-10(9-18)13(20-12)21-8-6-11-3-1-2-7-19-11/h1-5,7H,6,8-9,18H2. The number of hydrogen-bond acceptors (Lipinski definition) is 4. The number of aromatic nitrogens is 2. The summed E-state index contributed by atoms with van der Waals surface area (Å²) in [6, 6.07) is 7.61. The van der Waals surface area contributed by atoms with E-state index < -0.39 is 11.9 Å². The summed E-state index contributed by atoms with van der Waals surface area (Å²) in [7, 11) is 0. The van der Waals surface area contributed by atoms with E-state index in [-0.39, 0.29) is 19.0 Å². The third-order valence-electron chi connectivity index (χ3n) is 2.77. The van der Waals surface area contributed by atoms with Gasteiger partial charge in [-0.3, -0.25) is 4.98 Å². The summed E-state index contributed by atoms with van der Waals surface area (Å²) in [4.78, 5) is 7.60. The zero-order valence-corrected chi connectivity index (χ0v) is 11.1. The molecule has 0 aliphatic heterocycles. The monoisotopic (exact) mass is 297 g/mol. The molecule has 21 heavy (non-hydrogen) atoms. The molecular weight excluding hydrogens is 283 g/mol. The topological polar surface area (TPSA) is 61.0 Å². The first kappa shape index (κ1) is 15.2. The smallest absolute Gasteiger partial charge is 0.433 e. The number of hydrogen-bond donors (Lipinski definition) is 1. The molecule has 0 radical (unpaired) electrons. The van der Waals surface area contributed by atoms with Crippen molar-refractivity contribution in [3.05, 3.63) is 53.5 Å². The number of ether oxygens (including phenoxy) is 1. The summed E-state index contributed by atoms with van der Waals surface area (Å²) in [6.45, 7) is 0.238. The van der Waals surface area contributed by atoms with Gasteiger partial charge in [0.1, 0.15) is 5.69 Å². The van der Waals surface area contributed by atoms with E-state index in [2.05, 4.69) is 9.97 Å². The molecule has 0 aromatic carbocycles. The van der Waals surface area contributed by atoms with Gasteiger partial charge in [0.25, 0.3) is 0 Å². The van der Waals surface area contributed by atoms with Gasteiger partial charge in [0.15, 0.2) is 0 Å². The van der Waals surface area contributed by atoms with Crippen molar-refractivity contribution in [1.82, 2.24) is 9.97 Å². The first-order valence-electron chi connectivity index (χ1n) is 6.30. The molecule has 0 aliphatic rings. The van der Waals surface area contributed by atoms with Crippen LogP contribution in [0.2, 0.25) is 0 Å². The van der Waals surface area contributed by atoms with E-state index in [1.54, 1.807) is 12.3 Å². The quantitative estimate of drug-likeness (QED) is 0.921. The molecule has 2 aromatic heterocycles. The highest BCUT2D eigenvalue weighted by Gasteiger charge is 2.33. The normalized spacial score (nSPS) is 11.4. The second kappa shape index (κ2) is 6.53. The third kappa shape index (κ3) is 4.16. The molecule has 0 atom stereocenters. The van der Waals surface area contributed by atoms with Crippen LogP contribution in [0.15, 0.2) is 36.5 Å². The van der Waals surface area contributed by atoms with Gasteiger partial charge in [-0.25, -0.2) is 4.98 Å². The van der Waals surface area contributed by atoms with Crippen LogP contribution in [0.1, 0.15) is 17.0 Å². The molecular formula is C14H14F3N3O.